The van der Waals surface area contributed by atoms with E-state index in [1.165, 1.54) is 19.3 Å². The molecule has 1 saturated carbocycles. The van der Waals surface area contributed by atoms with Gasteiger partial charge in [-0.05, 0) is 37.1 Å². The third-order valence-electron chi connectivity index (χ3n) is 4.71. The first-order valence-corrected chi connectivity index (χ1v) is 9.33. The van der Waals surface area contributed by atoms with Crippen molar-refractivity contribution >= 4 is 6.03 Å². The van der Waals surface area contributed by atoms with Crippen molar-refractivity contribution in [3.05, 3.63) is 42.8 Å². The average Bonchev–Trinajstić information content (AvgIpc) is 3.17. The number of urea groups is 1. The van der Waals surface area contributed by atoms with Crippen molar-refractivity contribution in [2.24, 2.45) is 0 Å². The average molecular weight is 370 g/mol. The van der Waals surface area contributed by atoms with Crippen molar-refractivity contribution in [3.8, 4) is 17.1 Å². The van der Waals surface area contributed by atoms with Gasteiger partial charge in [-0.25, -0.2) is 4.79 Å². The number of carbonyl (C=O) groups excluding carboxylic acids is 1. The van der Waals surface area contributed by atoms with Crippen LogP contribution in [0.2, 0.25) is 0 Å². The molecule has 0 atom stereocenters. The number of nitrogens with one attached hydrogen (secondary N) is 1. The minimum absolute atomic E-state index is 0.119. The van der Waals surface area contributed by atoms with E-state index in [1.54, 1.807) is 18.1 Å². The van der Waals surface area contributed by atoms with Crippen LogP contribution in [0.5, 0.6) is 5.75 Å². The Kier molecular flexibility index (Phi) is 6.46. The van der Waals surface area contributed by atoms with Crippen LogP contribution in [0.25, 0.3) is 11.4 Å². The van der Waals surface area contributed by atoms with Crippen molar-refractivity contribution in [1.82, 2.24) is 20.4 Å². The van der Waals surface area contributed by atoms with Gasteiger partial charge in [0.25, 0.3) is 0 Å². The van der Waals surface area contributed by atoms with E-state index in [0.717, 1.165) is 24.2 Å². The quantitative estimate of drug-likeness (QED) is 0.750. The monoisotopic (exact) mass is 370 g/mol. The lowest BCUT2D eigenvalue weighted by molar-refractivity contribution is 0.185. The van der Waals surface area contributed by atoms with E-state index < -0.39 is 0 Å². The number of hydrogen-bond acceptors (Lipinski definition) is 5. The molecule has 0 spiro atoms. The zero-order valence-corrected chi connectivity index (χ0v) is 15.7. The molecule has 3 rings (SSSR count). The lowest BCUT2D eigenvalue weighted by atomic mass is 9.96. The molecule has 0 unspecified atom stereocenters. The van der Waals surface area contributed by atoms with Gasteiger partial charge < -0.3 is 19.5 Å². The van der Waals surface area contributed by atoms with Crippen LogP contribution in [0.4, 0.5) is 4.79 Å². The second kappa shape index (κ2) is 9.21. The van der Waals surface area contributed by atoms with Crippen molar-refractivity contribution in [2.45, 2.75) is 44.7 Å². The number of carbonyl (C=O) groups is 1. The van der Waals surface area contributed by atoms with Gasteiger partial charge in [-0.1, -0.05) is 30.5 Å². The van der Waals surface area contributed by atoms with Crippen molar-refractivity contribution < 1.29 is 14.1 Å². The largest absolute Gasteiger partial charge is 0.497 e. The first-order chi connectivity index (χ1) is 13.2. The van der Waals surface area contributed by atoms with E-state index in [1.807, 2.05) is 24.3 Å². The van der Waals surface area contributed by atoms with Crippen LogP contribution >= 0.6 is 0 Å². The van der Waals surface area contributed by atoms with E-state index in [0.29, 0.717) is 18.3 Å². The lowest BCUT2D eigenvalue weighted by Crippen LogP contribution is -2.45. The molecule has 0 aliphatic heterocycles. The normalized spacial score (nSPS) is 14.6. The fourth-order valence-corrected chi connectivity index (χ4v) is 3.23. The summed E-state index contributed by atoms with van der Waals surface area (Å²) in [6.07, 6.45) is 7.36. The number of amides is 2. The topological polar surface area (TPSA) is 80.5 Å². The van der Waals surface area contributed by atoms with Crippen LogP contribution in [0.1, 0.15) is 38.0 Å². The van der Waals surface area contributed by atoms with Crippen molar-refractivity contribution in [2.75, 3.05) is 13.7 Å². The summed E-state index contributed by atoms with van der Waals surface area (Å²) in [7, 11) is 1.62. The Morgan fingerprint density at radius 2 is 2.07 bits per heavy atom. The smallest absolute Gasteiger partial charge is 0.318 e. The molecule has 1 fully saturated rings. The summed E-state index contributed by atoms with van der Waals surface area (Å²) < 4.78 is 10.5. The Morgan fingerprint density at radius 3 is 2.74 bits per heavy atom. The summed E-state index contributed by atoms with van der Waals surface area (Å²) in [4.78, 5) is 18.7. The highest BCUT2D eigenvalue weighted by molar-refractivity contribution is 5.74. The highest BCUT2D eigenvalue weighted by Gasteiger charge is 2.21. The number of aromatic nitrogens is 2. The SMILES string of the molecule is C=CCN(Cc1nc(-c2ccc(OC)cc2)no1)C(=O)NC1CCCCC1. The molecular formula is C20H26N4O3. The molecule has 1 heterocycles. The fraction of sp³-hybridized carbons (Fsp3) is 0.450. The Balaban J connectivity index is 1.64. The molecule has 1 aliphatic rings. The standard InChI is InChI=1S/C20H26N4O3/c1-3-13-24(20(25)21-16-7-5-4-6-8-16)14-18-22-19(23-27-18)15-9-11-17(26-2)12-10-15/h3,9-12,16H,1,4-8,13-14H2,2H3,(H,21,25). The minimum atomic E-state index is -0.119. The van der Waals surface area contributed by atoms with Gasteiger partial charge in [-0.2, -0.15) is 4.98 Å². The second-order valence-electron chi connectivity index (χ2n) is 6.69. The third kappa shape index (κ3) is 5.09. The molecule has 0 saturated heterocycles. The highest BCUT2D eigenvalue weighted by atomic mass is 16.5. The number of ether oxygens (including phenoxy) is 1. The van der Waals surface area contributed by atoms with Crippen LogP contribution in [0.3, 0.4) is 0 Å². The van der Waals surface area contributed by atoms with Gasteiger partial charge in [0.05, 0.1) is 7.11 Å². The number of hydrogen-bond donors (Lipinski definition) is 1. The fourth-order valence-electron chi connectivity index (χ4n) is 3.23. The maximum atomic E-state index is 12.6. The first kappa shape index (κ1) is 18.9. The molecule has 2 amide bonds. The molecule has 1 aliphatic carbocycles. The molecule has 0 radical (unpaired) electrons. The second-order valence-corrected chi connectivity index (χ2v) is 6.69. The number of methoxy groups -OCH3 is 1. The minimum Gasteiger partial charge on any atom is -0.497 e. The molecule has 2 aromatic rings. The van der Waals surface area contributed by atoms with Gasteiger partial charge in [0.15, 0.2) is 0 Å². The summed E-state index contributed by atoms with van der Waals surface area (Å²) >= 11 is 0. The predicted octanol–water partition coefficient (Wildman–Crippen LogP) is 3.78. The Labute approximate surface area is 159 Å². The van der Waals surface area contributed by atoms with Gasteiger partial charge in [0.2, 0.25) is 11.7 Å². The summed E-state index contributed by atoms with van der Waals surface area (Å²) in [6.45, 7) is 4.40. The molecule has 1 N–H and O–H groups in total. The maximum absolute atomic E-state index is 12.6. The van der Waals surface area contributed by atoms with Gasteiger partial charge >= 0.3 is 6.03 Å². The van der Waals surface area contributed by atoms with E-state index in [9.17, 15) is 4.79 Å². The Morgan fingerprint density at radius 1 is 1.33 bits per heavy atom. The van der Waals surface area contributed by atoms with Crippen LogP contribution in [0.15, 0.2) is 41.4 Å². The molecule has 1 aromatic carbocycles. The summed E-state index contributed by atoms with van der Waals surface area (Å²) in [5.74, 6) is 1.64. The summed E-state index contributed by atoms with van der Waals surface area (Å²) in [5.41, 5.74) is 0.827. The predicted molar refractivity (Wildman–Crippen MR) is 102 cm³/mol. The van der Waals surface area contributed by atoms with E-state index in [2.05, 4.69) is 22.0 Å². The van der Waals surface area contributed by atoms with Crippen molar-refractivity contribution in [1.29, 1.82) is 0 Å². The Bertz CT molecular complexity index is 751. The molecular weight excluding hydrogens is 344 g/mol. The molecule has 7 nitrogen and oxygen atoms in total. The molecule has 1 aromatic heterocycles. The van der Waals surface area contributed by atoms with Crippen LogP contribution < -0.4 is 10.1 Å². The number of rotatable bonds is 7. The number of benzene rings is 1. The zero-order valence-electron chi connectivity index (χ0n) is 15.7. The lowest BCUT2D eigenvalue weighted by Gasteiger charge is -2.27. The summed E-state index contributed by atoms with van der Waals surface area (Å²) in [5, 5.41) is 7.13. The molecule has 7 heteroatoms. The summed E-state index contributed by atoms with van der Waals surface area (Å²) in [6, 6.07) is 7.54. The van der Waals surface area contributed by atoms with Crippen LogP contribution in [-0.4, -0.2) is 40.8 Å². The molecule has 27 heavy (non-hydrogen) atoms. The first-order valence-electron chi connectivity index (χ1n) is 9.33. The zero-order chi connectivity index (χ0) is 19.1. The third-order valence-corrected chi connectivity index (χ3v) is 4.71. The molecule has 0 bridgehead atoms. The Hall–Kier alpha value is -2.83. The number of nitrogens with zero attached hydrogens (tertiary/aromatic N) is 3. The maximum Gasteiger partial charge on any atom is 0.318 e. The van der Waals surface area contributed by atoms with Crippen LogP contribution in [-0.2, 0) is 6.54 Å². The van der Waals surface area contributed by atoms with Gasteiger partial charge in [0.1, 0.15) is 12.3 Å². The van der Waals surface area contributed by atoms with Crippen molar-refractivity contribution in [3.63, 3.8) is 0 Å². The van der Waals surface area contributed by atoms with Crippen LogP contribution in [0, 0.1) is 0 Å². The van der Waals surface area contributed by atoms with Gasteiger partial charge in [-0.3, -0.25) is 0 Å². The van der Waals surface area contributed by atoms with E-state index in [-0.39, 0.29) is 18.6 Å². The molecule has 144 valence electrons. The van der Waals surface area contributed by atoms with Gasteiger partial charge in [-0.15, -0.1) is 6.58 Å². The van der Waals surface area contributed by atoms with E-state index in [4.69, 9.17) is 9.26 Å². The highest BCUT2D eigenvalue weighted by Crippen LogP contribution is 2.21. The van der Waals surface area contributed by atoms with E-state index >= 15 is 0 Å². The van der Waals surface area contributed by atoms with Gasteiger partial charge in [0, 0.05) is 18.2 Å².